The predicted octanol–water partition coefficient (Wildman–Crippen LogP) is 3.46. The van der Waals surface area contributed by atoms with Crippen LogP contribution in [0.25, 0.3) is 10.8 Å². The van der Waals surface area contributed by atoms with Gasteiger partial charge in [-0.3, -0.25) is 4.90 Å². The molecular weight excluding hydrogens is 246 g/mol. The molecule has 0 aliphatic carbocycles. The number of β-amino-alcohol motifs (C(OH)–C–C–N with tert-alkyl or cyclic N) is 1. The molecule has 3 unspecified atom stereocenters. The number of fused-ring (bicyclic) bond motifs is 1. The van der Waals surface area contributed by atoms with E-state index in [4.69, 9.17) is 0 Å². The number of aliphatic hydroxyl groups is 1. The van der Waals surface area contributed by atoms with Crippen LogP contribution in [0.2, 0.25) is 0 Å². The lowest BCUT2D eigenvalue weighted by atomic mass is 10.0. The third kappa shape index (κ3) is 2.72. The Hall–Kier alpha value is -1.38. The van der Waals surface area contributed by atoms with Gasteiger partial charge in [-0.05, 0) is 34.2 Å². The summed E-state index contributed by atoms with van der Waals surface area (Å²) in [6.45, 7) is 7.55. The maximum absolute atomic E-state index is 10.5. The Kier molecular flexibility index (Phi) is 3.77. The van der Waals surface area contributed by atoms with Gasteiger partial charge in [0.1, 0.15) is 0 Å². The van der Waals surface area contributed by atoms with Crippen molar-refractivity contribution in [3.63, 3.8) is 0 Å². The number of likely N-dealkylation sites (tertiary alicyclic amines) is 1. The van der Waals surface area contributed by atoms with Gasteiger partial charge in [0.25, 0.3) is 0 Å². The number of hydrogen-bond donors (Lipinski definition) is 1. The van der Waals surface area contributed by atoms with Gasteiger partial charge in [-0.25, -0.2) is 0 Å². The van der Waals surface area contributed by atoms with E-state index >= 15 is 0 Å². The summed E-state index contributed by atoms with van der Waals surface area (Å²) in [5, 5.41) is 12.9. The van der Waals surface area contributed by atoms with Gasteiger partial charge >= 0.3 is 0 Å². The summed E-state index contributed by atoms with van der Waals surface area (Å²) in [4.78, 5) is 2.38. The highest BCUT2D eigenvalue weighted by atomic mass is 16.3. The van der Waals surface area contributed by atoms with Crippen LogP contribution in [0.3, 0.4) is 0 Å². The van der Waals surface area contributed by atoms with Crippen molar-refractivity contribution in [3.05, 3.63) is 48.0 Å². The van der Waals surface area contributed by atoms with E-state index in [1.165, 1.54) is 10.8 Å². The molecule has 1 saturated heterocycles. The first kappa shape index (κ1) is 13.6. The van der Waals surface area contributed by atoms with E-state index in [9.17, 15) is 5.11 Å². The topological polar surface area (TPSA) is 23.5 Å². The molecule has 2 aromatic carbocycles. The zero-order chi connectivity index (χ0) is 14.1. The molecule has 1 fully saturated rings. The van der Waals surface area contributed by atoms with Crippen LogP contribution in [0, 0.1) is 11.8 Å². The molecule has 1 heterocycles. The Bertz CT molecular complexity index is 585. The predicted molar refractivity (Wildman–Crippen MR) is 83.7 cm³/mol. The largest absolute Gasteiger partial charge is 0.387 e. The molecule has 0 aromatic heterocycles. The van der Waals surface area contributed by atoms with E-state index in [-0.39, 0.29) is 0 Å². The molecule has 0 radical (unpaired) electrons. The normalized spacial score (nSPS) is 25.1. The van der Waals surface area contributed by atoms with Crippen molar-refractivity contribution in [2.45, 2.75) is 20.0 Å². The van der Waals surface area contributed by atoms with Crippen molar-refractivity contribution in [1.82, 2.24) is 4.90 Å². The van der Waals surface area contributed by atoms with Gasteiger partial charge in [0.15, 0.2) is 0 Å². The Morgan fingerprint density at radius 1 is 1.05 bits per heavy atom. The second-order valence-corrected chi connectivity index (χ2v) is 6.30. The van der Waals surface area contributed by atoms with Crippen molar-refractivity contribution >= 4 is 10.8 Å². The molecule has 1 aliphatic heterocycles. The minimum absolute atomic E-state index is 0.392. The van der Waals surface area contributed by atoms with Crippen molar-refractivity contribution < 1.29 is 5.11 Å². The highest BCUT2D eigenvalue weighted by Gasteiger charge is 2.27. The Morgan fingerprint density at radius 3 is 2.40 bits per heavy atom. The molecule has 0 spiro atoms. The van der Waals surface area contributed by atoms with Gasteiger partial charge in [-0.15, -0.1) is 0 Å². The molecule has 20 heavy (non-hydrogen) atoms. The lowest BCUT2D eigenvalue weighted by molar-refractivity contribution is 0.123. The van der Waals surface area contributed by atoms with E-state index in [0.29, 0.717) is 0 Å². The maximum atomic E-state index is 10.5. The van der Waals surface area contributed by atoms with E-state index < -0.39 is 6.10 Å². The lowest BCUT2D eigenvalue weighted by Crippen LogP contribution is -2.26. The summed E-state index contributed by atoms with van der Waals surface area (Å²) < 4.78 is 0. The van der Waals surface area contributed by atoms with Crippen molar-refractivity contribution in [1.29, 1.82) is 0 Å². The second kappa shape index (κ2) is 5.55. The summed E-state index contributed by atoms with van der Waals surface area (Å²) in [6, 6.07) is 14.6. The number of rotatable bonds is 3. The Morgan fingerprint density at radius 2 is 1.70 bits per heavy atom. The Balaban J connectivity index is 1.74. The molecule has 0 amide bonds. The number of aliphatic hydroxyl groups excluding tert-OH is 1. The van der Waals surface area contributed by atoms with Crippen LogP contribution < -0.4 is 0 Å². The summed E-state index contributed by atoms with van der Waals surface area (Å²) >= 11 is 0. The molecule has 2 heteroatoms. The number of benzene rings is 2. The average Bonchev–Trinajstić information content (AvgIpc) is 2.76. The molecule has 2 aromatic rings. The molecule has 3 atom stereocenters. The van der Waals surface area contributed by atoms with Crippen LogP contribution in [0.5, 0.6) is 0 Å². The standard InChI is InChI=1S/C18H23NO/c1-13-10-19(11-14(13)2)12-18(20)17-8-7-15-5-3-4-6-16(15)9-17/h3-9,13-14,18,20H,10-12H2,1-2H3. The van der Waals surface area contributed by atoms with E-state index in [0.717, 1.165) is 37.0 Å². The zero-order valence-corrected chi connectivity index (χ0v) is 12.3. The van der Waals surface area contributed by atoms with E-state index in [1.54, 1.807) is 0 Å². The van der Waals surface area contributed by atoms with Crippen molar-refractivity contribution in [3.8, 4) is 0 Å². The highest BCUT2D eigenvalue weighted by Crippen LogP contribution is 2.26. The molecule has 1 N–H and O–H groups in total. The average molecular weight is 269 g/mol. The molecular formula is C18H23NO. The van der Waals surface area contributed by atoms with Gasteiger partial charge < -0.3 is 5.11 Å². The first-order chi connectivity index (χ1) is 9.63. The van der Waals surface area contributed by atoms with Gasteiger partial charge in [-0.1, -0.05) is 50.2 Å². The monoisotopic (exact) mass is 269 g/mol. The summed E-state index contributed by atoms with van der Waals surface area (Å²) in [5.74, 6) is 1.47. The highest BCUT2D eigenvalue weighted by molar-refractivity contribution is 5.83. The van der Waals surface area contributed by atoms with E-state index in [1.807, 2.05) is 12.1 Å². The fourth-order valence-corrected chi connectivity index (χ4v) is 3.16. The summed E-state index contributed by atoms with van der Waals surface area (Å²) in [7, 11) is 0. The Labute approximate surface area is 121 Å². The SMILES string of the molecule is CC1CN(CC(O)c2ccc3ccccc3c2)CC1C. The van der Waals surface area contributed by atoms with E-state index in [2.05, 4.69) is 49.1 Å². The minimum Gasteiger partial charge on any atom is -0.387 e. The smallest absolute Gasteiger partial charge is 0.0917 e. The molecule has 1 aliphatic rings. The lowest BCUT2D eigenvalue weighted by Gasteiger charge is -2.20. The third-order valence-electron chi connectivity index (χ3n) is 4.65. The van der Waals surface area contributed by atoms with Gasteiger partial charge in [0.05, 0.1) is 6.10 Å². The first-order valence-corrected chi connectivity index (χ1v) is 7.52. The second-order valence-electron chi connectivity index (χ2n) is 6.30. The van der Waals surface area contributed by atoms with Gasteiger partial charge in [-0.2, -0.15) is 0 Å². The zero-order valence-electron chi connectivity index (χ0n) is 12.3. The fraction of sp³-hybridized carbons (Fsp3) is 0.444. The van der Waals surface area contributed by atoms with Crippen LogP contribution in [0.15, 0.2) is 42.5 Å². The minimum atomic E-state index is -0.392. The van der Waals surface area contributed by atoms with Crippen LogP contribution >= 0.6 is 0 Å². The van der Waals surface area contributed by atoms with Gasteiger partial charge in [0, 0.05) is 19.6 Å². The maximum Gasteiger partial charge on any atom is 0.0917 e. The fourth-order valence-electron chi connectivity index (χ4n) is 3.16. The molecule has 3 rings (SSSR count). The number of nitrogens with zero attached hydrogens (tertiary/aromatic N) is 1. The van der Waals surface area contributed by atoms with Crippen LogP contribution in [-0.2, 0) is 0 Å². The molecule has 106 valence electrons. The quantitative estimate of drug-likeness (QED) is 0.922. The summed E-state index contributed by atoms with van der Waals surface area (Å²) in [5.41, 5.74) is 1.02. The molecule has 0 saturated carbocycles. The van der Waals surface area contributed by atoms with Crippen molar-refractivity contribution in [2.75, 3.05) is 19.6 Å². The molecule has 2 nitrogen and oxygen atoms in total. The molecule has 0 bridgehead atoms. The van der Waals surface area contributed by atoms with Crippen molar-refractivity contribution in [2.24, 2.45) is 11.8 Å². The van der Waals surface area contributed by atoms with Gasteiger partial charge in [0.2, 0.25) is 0 Å². The summed E-state index contributed by atoms with van der Waals surface area (Å²) in [6.07, 6.45) is -0.392. The van der Waals surface area contributed by atoms with Crippen LogP contribution in [-0.4, -0.2) is 29.6 Å². The first-order valence-electron chi connectivity index (χ1n) is 7.52. The number of hydrogen-bond acceptors (Lipinski definition) is 2. The third-order valence-corrected chi connectivity index (χ3v) is 4.65. The van der Waals surface area contributed by atoms with Crippen LogP contribution in [0.4, 0.5) is 0 Å². The van der Waals surface area contributed by atoms with Crippen LogP contribution in [0.1, 0.15) is 25.5 Å².